The highest BCUT2D eigenvalue weighted by Gasteiger charge is 2.31. The molecule has 0 aliphatic heterocycles. The van der Waals surface area contributed by atoms with Gasteiger partial charge in [0, 0.05) is 24.5 Å². The number of ether oxygens (including phenoxy) is 1. The molecule has 0 amide bonds. The number of rotatable bonds is 2. The molecule has 0 radical (unpaired) electrons. The molecule has 0 N–H and O–H groups in total. The zero-order chi connectivity index (χ0) is 13.3. The number of hydrogen-bond acceptors (Lipinski definition) is 2. The molecule has 0 unspecified atom stereocenters. The van der Waals surface area contributed by atoms with Crippen molar-refractivity contribution in [2.75, 3.05) is 0 Å². The molecule has 96 valence electrons. The molecule has 2 rings (SSSR count). The van der Waals surface area contributed by atoms with Crippen LogP contribution in [0.5, 0.6) is 5.75 Å². The lowest BCUT2D eigenvalue weighted by Crippen LogP contribution is -2.17. The van der Waals surface area contributed by atoms with Crippen LogP contribution in [-0.4, -0.2) is 16.1 Å². The summed E-state index contributed by atoms with van der Waals surface area (Å²) in [5.74, 6) is -0.478. The van der Waals surface area contributed by atoms with E-state index in [9.17, 15) is 13.2 Å². The molecule has 1 heterocycles. The summed E-state index contributed by atoms with van der Waals surface area (Å²) in [7, 11) is 0. The molecule has 0 aliphatic rings. The summed E-state index contributed by atoms with van der Waals surface area (Å²) in [6.07, 6.45) is -1.73. The van der Waals surface area contributed by atoms with Crippen molar-refractivity contribution in [3.63, 3.8) is 0 Å². The summed E-state index contributed by atoms with van der Waals surface area (Å²) in [6.45, 7) is 0. The van der Waals surface area contributed by atoms with Crippen LogP contribution in [0.15, 0.2) is 30.6 Å². The van der Waals surface area contributed by atoms with E-state index in [0.717, 1.165) is 12.1 Å². The molecule has 0 aliphatic carbocycles. The number of halogens is 5. The van der Waals surface area contributed by atoms with Gasteiger partial charge in [-0.2, -0.15) is 5.10 Å². The van der Waals surface area contributed by atoms with E-state index in [1.54, 1.807) is 12.3 Å². The number of hydrogen-bond donors (Lipinski definition) is 0. The van der Waals surface area contributed by atoms with Gasteiger partial charge in [0.15, 0.2) is 0 Å². The third-order valence-corrected chi connectivity index (χ3v) is 2.53. The third kappa shape index (κ3) is 2.88. The van der Waals surface area contributed by atoms with Crippen LogP contribution in [0.4, 0.5) is 13.2 Å². The van der Waals surface area contributed by atoms with Crippen LogP contribution in [-0.2, 0) is 0 Å². The molecule has 0 saturated carbocycles. The number of benzene rings is 1. The van der Waals surface area contributed by atoms with Crippen molar-refractivity contribution in [1.82, 2.24) is 9.78 Å². The van der Waals surface area contributed by atoms with E-state index in [0.29, 0.717) is 0 Å². The summed E-state index contributed by atoms with van der Waals surface area (Å²) >= 11 is 11.7. The maximum atomic E-state index is 12.1. The zero-order valence-corrected chi connectivity index (χ0v) is 10.1. The fraction of sp³-hybridized carbons (Fsp3) is 0.100. The Hall–Kier alpha value is -1.40. The van der Waals surface area contributed by atoms with Crippen molar-refractivity contribution < 1.29 is 17.9 Å². The highest BCUT2D eigenvalue weighted by atomic mass is 35.5. The Balaban J connectivity index is 2.42. The van der Waals surface area contributed by atoms with Crippen LogP contribution in [0.2, 0.25) is 10.0 Å². The minimum atomic E-state index is -4.79. The monoisotopic (exact) mass is 296 g/mol. The molecule has 2 aromatic rings. The SMILES string of the molecule is FC(F)(F)Oc1cc(Cl)c(-n2cccn2)c(Cl)c1. The molecule has 0 saturated heterocycles. The minimum Gasteiger partial charge on any atom is -0.406 e. The molecule has 0 bridgehead atoms. The lowest BCUT2D eigenvalue weighted by molar-refractivity contribution is -0.274. The van der Waals surface area contributed by atoms with E-state index >= 15 is 0 Å². The van der Waals surface area contributed by atoms with Gasteiger partial charge in [0.1, 0.15) is 11.4 Å². The number of aromatic nitrogens is 2. The maximum absolute atomic E-state index is 12.1. The first-order chi connectivity index (χ1) is 8.37. The Bertz CT molecular complexity index is 532. The maximum Gasteiger partial charge on any atom is 0.573 e. The van der Waals surface area contributed by atoms with Crippen molar-refractivity contribution in [3.8, 4) is 11.4 Å². The third-order valence-electron chi connectivity index (χ3n) is 1.96. The Labute approximate surface area is 110 Å². The van der Waals surface area contributed by atoms with Gasteiger partial charge >= 0.3 is 6.36 Å². The van der Waals surface area contributed by atoms with Gasteiger partial charge in [-0.1, -0.05) is 23.2 Å². The topological polar surface area (TPSA) is 27.1 Å². The van der Waals surface area contributed by atoms with Gasteiger partial charge in [0.05, 0.1) is 10.0 Å². The van der Waals surface area contributed by atoms with Gasteiger partial charge in [0.25, 0.3) is 0 Å². The second kappa shape index (κ2) is 4.70. The summed E-state index contributed by atoms with van der Waals surface area (Å²) in [4.78, 5) is 0. The van der Waals surface area contributed by atoms with Gasteiger partial charge in [0.2, 0.25) is 0 Å². The molecular formula is C10H5Cl2F3N2O. The van der Waals surface area contributed by atoms with Crippen molar-refractivity contribution >= 4 is 23.2 Å². The summed E-state index contributed by atoms with van der Waals surface area (Å²) < 4.78 is 41.2. The first-order valence-corrected chi connectivity index (χ1v) is 5.37. The standard InChI is InChI=1S/C10H5Cl2F3N2O/c11-7-4-6(18-10(13,14)15)5-8(12)9(7)17-3-1-2-16-17/h1-5H. The van der Waals surface area contributed by atoms with Crippen LogP contribution in [0, 0.1) is 0 Å². The average molecular weight is 297 g/mol. The van der Waals surface area contributed by atoms with E-state index in [1.165, 1.54) is 10.9 Å². The molecular weight excluding hydrogens is 292 g/mol. The Morgan fingerprint density at radius 3 is 2.22 bits per heavy atom. The van der Waals surface area contributed by atoms with Crippen LogP contribution in [0.25, 0.3) is 5.69 Å². The minimum absolute atomic E-state index is 0.00505. The predicted molar refractivity (Wildman–Crippen MR) is 60.3 cm³/mol. The summed E-state index contributed by atoms with van der Waals surface area (Å²) in [5.41, 5.74) is 0.290. The van der Waals surface area contributed by atoms with Gasteiger partial charge in [-0.3, -0.25) is 0 Å². The van der Waals surface area contributed by atoms with Gasteiger partial charge in [-0.15, -0.1) is 13.2 Å². The van der Waals surface area contributed by atoms with E-state index < -0.39 is 12.1 Å². The number of alkyl halides is 3. The second-order valence-corrected chi connectivity index (χ2v) is 4.05. The second-order valence-electron chi connectivity index (χ2n) is 3.23. The van der Waals surface area contributed by atoms with E-state index in [2.05, 4.69) is 9.84 Å². The number of nitrogens with zero attached hydrogens (tertiary/aromatic N) is 2. The fourth-order valence-corrected chi connectivity index (χ4v) is 1.99. The van der Waals surface area contributed by atoms with E-state index in [1.807, 2.05) is 0 Å². The lowest BCUT2D eigenvalue weighted by Gasteiger charge is -2.12. The van der Waals surface area contributed by atoms with Crippen LogP contribution in [0.1, 0.15) is 0 Å². The van der Waals surface area contributed by atoms with Gasteiger partial charge < -0.3 is 4.74 Å². The first kappa shape index (κ1) is 13.0. The average Bonchev–Trinajstić information content (AvgIpc) is 2.66. The van der Waals surface area contributed by atoms with Crippen LogP contribution < -0.4 is 4.74 Å². The smallest absolute Gasteiger partial charge is 0.406 e. The molecule has 1 aromatic carbocycles. The van der Waals surface area contributed by atoms with Crippen molar-refractivity contribution in [2.24, 2.45) is 0 Å². The van der Waals surface area contributed by atoms with Gasteiger partial charge in [-0.25, -0.2) is 4.68 Å². The quantitative estimate of drug-likeness (QED) is 0.835. The van der Waals surface area contributed by atoms with Crippen LogP contribution >= 0.6 is 23.2 Å². The largest absolute Gasteiger partial charge is 0.573 e. The summed E-state index contributed by atoms with van der Waals surface area (Å²) in [6, 6.07) is 3.68. The molecule has 0 fully saturated rings. The Kier molecular flexibility index (Phi) is 3.41. The molecule has 18 heavy (non-hydrogen) atoms. The van der Waals surface area contributed by atoms with Crippen molar-refractivity contribution in [1.29, 1.82) is 0 Å². The van der Waals surface area contributed by atoms with Crippen LogP contribution in [0.3, 0.4) is 0 Å². The highest BCUT2D eigenvalue weighted by Crippen LogP contribution is 2.34. The fourth-order valence-electron chi connectivity index (χ4n) is 1.35. The lowest BCUT2D eigenvalue weighted by atomic mass is 10.3. The van der Waals surface area contributed by atoms with E-state index in [4.69, 9.17) is 23.2 Å². The van der Waals surface area contributed by atoms with Crippen molar-refractivity contribution in [3.05, 3.63) is 40.6 Å². The van der Waals surface area contributed by atoms with E-state index in [-0.39, 0.29) is 15.7 Å². The normalized spacial score (nSPS) is 11.6. The molecule has 0 atom stereocenters. The Morgan fingerprint density at radius 2 is 1.78 bits per heavy atom. The van der Waals surface area contributed by atoms with Gasteiger partial charge in [-0.05, 0) is 6.07 Å². The van der Waals surface area contributed by atoms with Crippen molar-refractivity contribution in [2.45, 2.75) is 6.36 Å². The predicted octanol–water partition coefficient (Wildman–Crippen LogP) is 4.08. The molecule has 0 spiro atoms. The molecule has 1 aromatic heterocycles. The first-order valence-electron chi connectivity index (χ1n) is 4.61. The zero-order valence-electron chi connectivity index (χ0n) is 8.58. The summed E-state index contributed by atoms with van der Waals surface area (Å²) in [5, 5.41) is 3.91. The Morgan fingerprint density at radius 1 is 1.17 bits per heavy atom. The molecule has 8 heteroatoms. The molecule has 3 nitrogen and oxygen atoms in total. The highest BCUT2D eigenvalue weighted by molar-refractivity contribution is 6.38.